The summed E-state index contributed by atoms with van der Waals surface area (Å²) >= 11 is 5.90. The molecule has 134 valence electrons. The minimum atomic E-state index is -0.867. The minimum absolute atomic E-state index is 0.0736. The maximum atomic E-state index is 12.2. The van der Waals surface area contributed by atoms with Crippen LogP contribution < -0.4 is 0 Å². The predicted molar refractivity (Wildman–Crippen MR) is 94.3 cm³/mol. The molecule has 1 atom stereocenters. The lowest BCUT2D eigenvalue weighted by Gasteiger charge is -2.42. The summed E-state index contributed by atoms with van der Waals surface area (Å²) < 4.78 is 5.41. The Morgan fingerprint density at radius 3 is 2.50 bits per heavy atom. The summed E-state index contributed by atoms with van der Waals surface area (Å²) in [6.07, 6.45) is 3.09. The molecule has 0 aliphatic carbocycles. The smallest absolute Gasteiger partial charge is 0.410 e. The van der Waals surface area contributed by atoms with Gasteiger partial charge in [-0.15, -0.1) is 0 Å². The van der Waals surface area contributed by atoms with Crippen LogP contribution in [-0.4, -0.2) is 45.4 Å². The standard InChI is InChI=1S/C18H27ClN2O3/c1-5-14(15-7-6-13(19)12-20-15)18(23)8-10-21(11-9-18)16(22)24-17(2,3)4/h6-7,12,14,23H,5,8-11H2,1-4H3/t14-/m1/s1. The van der Waals surface area contributed by atoms with Gasteiger partial charge in [0.05, 0.1) is 10.6 Å². The lowest BCUT2D eigenvalue weighted by atomic mass is 9.76. The third-order valence-electron chi connectivity index (χ3n) is 4.45. The number of hydrogen-bond donors (Lipinski definition) is 1. The lowest BCUT2D eigenvalue weighted by molar-refractivity contribution is -0.0501. The Hall–Kier alpha value is -1.33. The average molecular weight is 355 g/mol. The van der Waals surface area contributed by atoms with Crippen molar-refractivity contribution in [1.29, 1.82) is 0 Å². The second-order valence-electron chi connectivity index (χ2n) is 7.43. The molecule has 1 amide bonds. The van der Waals surface area contributed by atoms with Gasteiger partial charge in [0.25, 0.3) is 0 Å². The zero-order valence-electron chi connectivity index (χ0n) is 14.9. The highest BCUT2D eigenvalue weighted by Crippen LogP contribution is 2.38. The van der Waals surface area contributed by atoms with Crippen LogP contribution >= 0.6 is 11.6 Å². The predicted octanol–water partition coefficient (Wildman–Crippen LogP) is 3.99. The second-order valence-corrected chi connectivity index (χ2v) is 7.87. The van der Waals surface area contributed by atoms with E-state index in [9.17, 15) is 9.90 Å². The van der Waals surface area contributed by atoms with Crippen molar-refractivity contribution in [3.8, 4) is 0 Å². The van der Waals surface area contributed by atoms with Gasteiger partial charge in [-0.05, 0) is 52.2 Å². The van der Waals surface area contributed by atoms with Gasteiger partial charge in [-0.1, -0.05) is 18.5 Å². The Bertz CT molecular complexity index is 561. The fourth-order valence-electron chi connectivity index (χ4n) is 3.21. The van der Waals surface area contributed by atoms with E-state index in [1.165, 1.54) is 0 Å². The molecule has 2 rings (SSSR count). The molecule has 0 aromatic carbocycles. The summed E-state index contributed by atoms with van der Waals surface area (Å²) in [6.45, 7) is 8.56. The van der Waals surface area contributed by atoms with Gasteiger partial charge < -0.3 is 14.7 Å². The first-order valence-corrected chi connectivity index (χ1v) is 8.84. The highest BCUT2D eigenvalue weighted by molar-refractivity contribution is 6.30. The van der Waals surface area contributed by atoms with Crippen molar-refractivity contribution in [1.82, 2.24) is 9.88 Å². The summed E-state index contributed by atoms with van der Waals surface area (Å²) in [6, 6.07) is 3.67. The molecule has 1 N–H and O–H groups in total. The summed E-state index contributed by atoms with van der Waals surface area (Å²) in [5.74, 6) is -0.0736. The van der Waals surface area contributed by atoms with E-state index in [0.717, 1.165) is 12.1 Å². The van der Waals surface area contributed by atoms with E-state index in [1.807, 2.05) is 33.8 Å². The highest BCUT2D eigenvalue weighted by Gasteiger charge is 2.41. The van der Waals surface area contributed by atoms with Gasteiger partial charge in [-0.3, -0.25) is 4.98 Å². The van der Waals surface area contributed by atoms with Gasteiger partial charge in [0, 0.05) is 30.9 Å². The van der Waals surface area contributed by atoms with Crippen molar-refractivity contribution in [2.45, 2.75) is 64.1 Å². The Kier molecular flexibility index (Phi) is 5.76. The minimum Gasteiger partial charge on any atom is -0.444 e. The van der Waals surface area contributed by atoms with Crippen molar-refractivity contribution < 1.29 is 14.6 Å². The van der Waals surface area contributed by atoms with Crippen molar-refractivity contribution >= 4 is 17.7 Å². The molecular weight excluding hydrogens is 328 g/mol. The van der Waals surface area contributed by atoms with Crippen molar-refractivity contribution in [3.05, 3.63) is 29.0 Å². The molecule has 1 aliphatic rings. The summed E-state index contributed by atoms with van der Waals surface area (Å²) in [5.41, 5.74) is -0.534. The molecule has 0 bridgehead atoms. The molecule has 6 heteroatoms. The molecule has 0 radical (unpaired) electrons. The largest absolute Gasteiger partial charge is 0.444 e. The maximum Gasteiger partial charge on any atom is 0.410 e. The van der Waals surface area contributed by atoms with Crippen molar-refractivity contribution in [2.24, 2.45) is 0 Å². The van der Waals surface area contributed by atoms with E-state index in [2.05, 4.69) is 4.98 Å². The van der Waals surface area contributed by atoms with E-state index in [-0.39, 0.29) is 12.0 Å². The third kappa shape index (κ3) is 4.61. The fraction of sp³-hybridized carbons (Fsp3) is 0.667. The number of piperidine rings is 1. The monoisotopic (exact) mass is 354 g/mol. The molecule has 1 aromatic heterocycles. The summed E-state index contributed by atoms with van der Waals surface area (Å²) in [5, 5.41) is 11.7. The number of pyridine rings is 1. The van der Waals surface area contributed by atoms with Crippen LogP contribution in [0.4, 0.5) is 4.79 Å². The number of hydrogen-bond acceptors (Lipinski definition) is 4. The Morgan fingerprint density at radius 1 is 1.42 bits per heavy atom. The highest BCUT2D eigenvalue weighted by atomic mass is 35.5. The van der Waals surface area contributed by atoms with E-state index in [0.29, 0.717) is 31.0 Å². The SMILES string of the molecule is CC[C@H](c1ccc(Cl)cn1)C1(O)CCN(C(=O)OC(C)(C)C)CC1. The number of carbonyl (C=O) groups is 1. The number of aromatic nitrogens is 1. The number of ether oxygens (including phenoxy) is 1. The molecule has 0 saturated carbocycles. The topological polar surface area (TPSA) is 62.7 Å². The molecule has 5 nitrogen and oxygen atoms in total. The van der Waals surface area contributed by atoms with Gasteiger partial charge in [0.1, 0.15) is 5.60 Å². The number of carbonyl (C=O) groups excluding carboxylic acids is 1. The summed E-state index contributed by atoms with van der Waals surface area (Å²) in [4.78, 5) is 18.2. The number of rotatable bonds is 3. The second kappa shape index (κ2) is 7.28. The summed E-state index contributed by atoms with van der Waals surface area (Å²) in [7, 11) is 0. The first-order valence-electron chi connectivity index (χ1n) is 8.46. The van der Waals surface area contributed by atoms with Crippen LogP contribution in [0.15, 0.2) is 18.3 Å². The molecule has 2 heterocycles. The average Bonchev–Trinajstić information content (AvgIpc) is 2.48. The van der Waals surface area contributed by atoms with Crippen LogP contribution in [0.5, 0.6) is 0 Å². The van der Waals surface area contributed by atoms with Crippen molar-refractivity contribution in [3.63, 3.8) is 0 Å². The van der Waals surface area contributed by atoms with E-state index in [4.69, 9.17) is 16.3 Å². The number of likely N-dealkylation sites (tertiary alicyclic amines) is 1. The molecule has 24 heavy (non-hydrogen) atoms. The number of halogens is 1. The van der Waals surface area contributed by atoms with Gasteiger partial charge in [0.2, 0.25) is 0 Å². The molecular formula is C18H27ClN2O3. The first kappa shape index (κ1) is 19.0. The quantitative estimate of drug-likeness (QED) is 0.891. The van der Waals surface area contributed by atoms with Gasteiger partial charge in [-0.25, -0.2) is 4.79 Å². The number of aliphatic hydroxyl groups is 1. The zero-order chi connectivity index (χ0) is 18.0. The Labute approximate surface area is 149 Å². The molecule has 1 saturated heterocycles. The first-order chi connectivity index (χ1) is 11.1. The van der Waals surface area contributed by atoms with Crippen LogP contribution in [0.3, 0.4) is 0 Å². The molecule has 1 fully saturated rings. The van der Waals surface area contributed by atoms with E-state index in [1.54, 1.807) is 17.2 Å². The van der Waals surface area contributed by atoms with Crippen LogP contribution in [0.25, 0.3) is 0 Å². The molecule has 0 spiro atoms. The van der Waals surface area contributed by atoms with Crippen LogP contribution in [0.1, 0.15) is 58.6 Å². The third-order valence-corrected chi connectivity index (χ3v) is 4.67. The molecule has 1 aliphatic heterocycles. The molecule has 1 aromatic rings. The lowest BCUT2D eigenvalue weighted by Crippen LogP contribution is -2.50. The normalized spacial score (nSPS) is 19.0. The van der Waals surface area contributed by atoms with E-state index >= 15 is 0 Å². The van der Waals surface area contributed by atoms with E-state index < -0.39 is 11.2 Å². The Balaban J connectivity index is 2.04. The van der Waals surface area contributed by atoms with Gasteiger partial charge >= 0.3 is 6.09 Å². The fourth-order valence-corrected chi connectivity index (χ4v) is 3.32. The van der Waals surface area contributed by atoms with Gasteiger partial charge in [-0.2, -0.15) is 0 Å². The number of nitrogens with zero attached hydrogens (tertiary/aromatic N) is 2. The van der Waals surface area contributed by atoms with Crippen molar-refractivity contribution in [2.75, 3.05) is 13.1 Å². The van der Waals surface area contributed by atoms with Crippen LogP contribution in [-0.2, 0) is 4.74 Å². The maximum absolute atomic E-state index is 12.2. The molecule has 0 unspecified atom stereocenters. The van der Waals surface area contributed by atoms with Crippen LogP contribution in [0, 0.1) is 0 Å². The number of amides is 1. The zero-order valence-corrected chi connectivity index (χ0v) is 15.6. The Morgan fingerprint density at radius 2 is 2.04 bits per heavy atom. The van der Waals surface area contributed by atoms with Crippen LogP contribution in [0.2, 0.25) is 5.02 Å². The van der Waals surface area contributed by atoms with Gasteiger partial charge in [0.15, 0.2) is 0 Å².